The number of rotatable bonds is 2. The fourth-order valence-electron chi connectivity index (χ4n) is 1.65. The lowest BCUT2D eigenvalue weighted by Gasteiger charge is -2.13. The van der Waals surface area contributed by atoms with Crippen LogP contribution in [0.4, 0.5) is 17.1 Å². The average Bonchev–Trinajstić information content (AvgIpc) is 2.28. The number of benzene rings is 2. The third-order valence-corrected chi connectivity index (χ3v) is 2.97. The van der Waals surface area contributed by atoms with Crippen molar-refractivity contribution in [3.05, 3.63) is 52.5 Å². The number of hydrogen-bond donors (Lipinski definition) is 2. The maximum Gasteiger partial charge on any atom is 0.0434 e. The lowest BCUT2D eigenvalue weighted by molar-refractivity contribution is 1.39. The topological polar surface area (TPSA) is 38.0 Å². The standard InChI is InChI=1S/C14H15ClN2/c1-9-3-5-11(15)7-13(9)17-14-8-12(16)6-4-10(14)2/h3-8,17H,16H2,1-2H3. The first kappa shape index (κ1) is 11.8. The van der Waals surface area contributed by atoms with Crippen molar-refractivity contribution in [3.8, 4) is 0 Å². The molecule has 0 heterocycles. The number of aryl methyl sites for hydroxylation is 2. The molecule has 3 heteroatoms. The van der Waals surface area contributed by atoms with Crippen LogP contribution in [0.3, 0.4) is 0 Å². The minimum atomic E-state index is 0.722. The summed E-state index contributed by atoms with van der Waals surface area (Å²) in [6, 6.07) is 11.6. The van der Waals surface area contributed by atoms with Gasteiger partial charge in [0.2, 0.25) is 0 Å². The van der Waals surface area contributed by atoms with Crippen LogP contribution in [-0.2, 0) is 0 Å². The van der Waals surface area contributed by atoms with Crippen molar-refractivity contribution in [1.29, 1.82) is 0 Å². The second-order valence-corrected chi connectivity index (χ2v) is 4.60. The van der Waals surface area contributed by atoms with Crippen LogP contribution in [0, 0.1) is 13.8 Å². The second-order valence-electron chi connectivity index (χ2n) is 4.16. The maximum absolute atomic E-state index is 5.99. The molecule has 0 saturated heterocycles. The average molecular weight is 247 g/mol. The summed E-state index contributed by atoms with van der Waals surface area (Å²) in [7, 11) is 0. The molecule has 2 aromatic carbocycles. The van der Waals surface area contributed by atoms with Gasteiger partial charge in [0.1, 0.15) is 0 Å². The van der Waals surface area contributed by atoms with Gasteiger partial charge in [-0.15, -0.1) is 0 Å². The molecule has 2 nitrogen and oxygen atoms in total. The molecule has 0 aliphatic carbocycles. The lowest BCUT2D eigenvalue weighted by atomic mass is 10.1. The van der Waals surface area contributed by atoms with Gasteiger partial charge in [0.05, 0.1) is 0 Å². The summed E-state index contributed by atoms with van der Waals surface area (Å²) >= 11 is 5.99. The number of anilines is 3. The Morgan fingerprint density at radius 2 is 1.53 bits per heavy atom. The molecule has 0 fully saturated rings. The van der Waals surface area contributed by atoms with Crippen LogP contribution in [0.25, 0.3) is 0 Å². The highest BCUT2D eigenvalue weighted by Gasteiger charge is 2.03. The molecule has 0 amide bonds. The smallest absolute Gasteiger partial charge is 0.0434 e. The van der Waals surface area contributed by atoms with Gasteiger partial charge in [0.15, 0.2) is 0 Å². The Bertz CT molecular complexity index is 500. The van der Waals surface area contributed by atoms with E-state index in [4.69, 9.17) is 17.3 Å². The summed E-state index contributed by atoms with van der Waals surface area (Å²) < 4.78 is 0. The number of hydrogen-bond acceptors (Lipinski definition) is 2. The van der Waals surface area contributed by atoms with E-state index < -0.39 is 0 Å². The molecule has 0 spiro atoms. The predicted molar refractivity (Wildman–Crippen MR) is 75.1 cm³/mol. The van der Waals surface area contributed by atoms with Crippen LogP contribution in [-0.4, -0.2) is 0 Å². The van der Waals surface area contributed by atoms with Crippen LogP contribution in [0.15, 0.2) is 36.4 Å². The molecule has 0 atom stereocenters. The van der Waals surface area contributed by atoms with Gasteiger partial charge in [-0.25, -0.2) is 0 Å². The Labute approximate surface area is 106 Å². The second kappa shape index (κ2) is 4.68. The van der Waals surface area contributed by atoms with Crippen molar-refractivity contribution in [2.24, 2.45) is 0 Å². The van der Waals surface area contributed by atoms with E-state index in [1.165, 1.54) is 0 Å². The van der Waals surface area contributed by atoms with E-state index in [9.17, 15) is 0 Å². The predicted octanol–water partition coefficient (Wildman–Crippen LogP) is 4.28. The van der Waals surface area contributed by atoms with E-state index in [1.54, 1.807) is 0 Å². The van der Waals surface area contributed by atoms with Gasteiger partial charge in [-0.3, -0.25) is 0 Å². The monoisotopic (exact) mass is 246 g/mol. The van der Waals surface area contributed by atoms with Crippen LogP contribution in [0.1, 0.15) is 11.1 Å². The largest absolute Gasteiger partial charge is 0.399 e. The molecule has 0 bridgehead atoms. The molecule has 2 rings (SSSR count). The molecule has 0 aliphatic rings. The van der Waals surface area contributed by atoms with Gasteiger partial charge in [-0.05, 0) is 49.2 Å². The highest BCUT2D eigenvalue weighted by molar-refractivity contribution is 6.30. The Morgan fingerprint density at radius 1 is 0.941 bits per heavy atom. The molecule has 0 aromatic heterocycles. The van der Waals surface area contributed by atoms with Gasteiger partial charge < -0.3 is 11.1 Å². The molecule has 3 N–H and O–H groups in total. The quantitative estimate of drug-likeness (QED) is 0.776. The number of halogens is 1. The van der Waals surface area contributed by atoms with Crippen LogP contribution >= 0.6 is 11.6 Å². The lowest BCUT2D eigenvalue weighted by Crippen LogP contribution is -1.97. The molecule has 17 heavy (non-hydrogen) atoms. The van der Waals surface area contributed by atoms with Crippen LogP contribution in [0.5, 0.6) is 0 Å². The first-order valence-corrected chi connectivity index (χ1v) is 5.83. The Balaban J connectivity index is 2.37. The van der Waals surface area contributed by atoms with Gasteiger partial charge in [0, 0.05) is 22.1 Å². The molecule has 0 saturated carbocycles. The normalized spacial score (nSPS) is 10.3. The first-order valence-electron chi connectivity index (χ1n) is 5.45. The zero-order chi connectivity index (χ0) is 12.4. The Kier molecular flexibility index (Phi) is 3.25. The van der Waals surface area contributed by atoms with E-state index >= 15 is 0 Å². The summed E-state index contributed by atoms with van der Waals surface area (Å²) in [4.78, 5) is 0. The summed E-state index contributed by atoms with van der Waals surface area (Å²) in [5, 5.41) is 4.08. The minimum Gasteiger partial charge on any atom is -0.399 e. The zero-order valence-electron chi connectivity index (χ0n) is 9.92. The Hall–Kier alpha value is -1.67. The summed E-state index contributed by atoms with van der Waals surface area (Å²) in [6.07, 6.45) is 0. The third kappa shape index (κ3) is 2.71. The van der Waals surface area contributed by atoms with Crippen molar-refractivity contribution < 1.29 is 0 Å². The number of nitrogens with one attached hydrogen (secondary N) is 1. The molecule has 0 aliphatic heterocycles. The van der Waals surface area contributed by atoms with Crippen molar-refractivity contribution in [2.75, 3.05) is 11.1 Å². The minimum absolute atomic E-state index is 0.722. The highest BCUT2D eigenvalue weighted by Crippen LogP contribution is 2.27. The number of nitrogen functional groups attached to an aromatic ring is 1. The SMILES string of the molecule is Cc1ccc(N)cc1Nc1cc(Cl)ccc1C. The van der Waals surface area contributed by atoms with Crippen molar-refractivity contribution in [1.82, 2.24) is 0 Å². The highest BCUT2D eigenvalue weighted by atomic mass is 35.5. The number of nitrogens with two attached hydrogens (primary N) is 1. The van der Waals surface area contributed by atoms with E-state index in [1.807, 2.05) is 50.2 Å². The van der Waals surface area contributed by atoms with Crippen molar-refractivity contribution in [2.45, 2.75) is 13.8 Å². The summed E-state index contributed by atoms with van der Waals surface area (Å²) in [6.45, 7) is 4.09. The summed E-state index contributed by atoms with van der Waals surface area (Å²) in [5.41, 5.74) is 10.8. The Morgan fingerprint density at radius 3 is 2.24 bits per heavy atom. The van der Waals surface area contributed by atoms with Gasteiger partial charge in [-0.2, -0.15) is 0 Å². The van der Waals surface area contributed by atoms with E-state index in [2.05, 4.69) is 5.32 Å². The van der Waals surface area contributed by atoms with Gasteiger partial charge in [0.25, 0.3) is 0 Å². The summed E-state index contributed by atoms with van der Waals surface area (Å²) in [5.74, 6) is 0. The molecule has 0 radical (unpaired) electrons. The maximum atomic E-state index is 5.99. The first-order chi connectivity index (χ1) is 8.06. The van der Waals surface area contributed by atoms with Crippen molar-refractivity contribution in [3.63, 3.8) is 0 Å². The molecule has 88 valence electrons. The van der Waals surface area contributed by atoms with Crippen LogP contribution in [0.2, 0.25) is 5.02 Å². The molecular weight excluding hydrogens is 232 g/mol. The van der Waals surface area contributed by atoms with Crippen LogP contribution < -0.4 is 11.1 Å². The van der Waals surface area contributed by atoms with Gasteiger partial charge in [-0.1, -0.05) is 23.7 Å². The third-order valence-electron chi connectivity index (χ3n) is 2.73. The van der Waals surface area contributed by atoms with Crippen molar-refractivity contribution >= 4 is 28.7 Å². The molecular formula is C14H15ClN2. The van der Waals surface area contributed by atoms with E-state index in [0.29, 0.717) is 0 Å². The van der Waals surface area contributed by atoms with E-state index in [-0.39, 0.29) is 0 Å². The molecule has 0 unspecified atom stereocenters. The fourth-order valence-corrected chi connectivity index (χ4v) is 1.82. The molecule has 2 aromatic rings. The van der Waals surface area contributed by atoms with E-state index in [0.717, 1.165) is 33.2 Å². The van der Waals surface area contributed by atoms with Gasteiger partial charge >= 0.3 is 0 Å². The zero-order valence-corrected chi connectivity index (χ0v) is 10.7. The fraction of sp³-hybridized carbons (Fsp3) is 0.143.